The monoisotopic (exact) mass is 443 g/mol. The Morgan fingerprint density at radius 2 is 1.95 bits per heavy atom. The molecule has 2 aromatic rings. The van der Waals surface area contributed by atoms with E-state index in [0.29, 0.717) is 5.92 Å². The highest BCUT2D eigenvalue weighted by molar-refractivity contribution is 14.1. The molecule has 0 aliphatic rings. The minimum absolute atomic E-state index is 0.00736. The lowest BCUT2D eigenvalue weighted by atomic mass is 10.0. The molecule has 1 atom stereocenters. The van der Waals surface area contributed by atoms with Crippen molar-refractivity contribution in [2.75, 3.05) is 5.32 Å². The van der Waals surface area contributed by atoms with Gasteiger partial charge in [-0.3, -0.25) is 4.79 Å². The second-order valence-corrected chi connectivity index (χ2v) is 14.4. The van der Waals surface area contributed by atoms with Crippen LogP contribution in [0.3, 0.4) is 0 Å². The molecular weight excluding hydrogens is 421 g/mol. The third-order valence-electron chi connectivity index (χ3n) is 3.48. The third kappa shape index (κ3) is 4.66. The predicted molar refractivity (Wildman–Crippen MR) is 108 cm³/mol. The molecule has 1 N–H and O–H groups in total. The SMILES string of the molecule is CC(C[Si](C)(C)C)c1ccccc1NC(=O)c1sccc1I. The van der Waals surface area contributed by atoms with Crippen LogP contribution in [0.2, 0.25) is 25.7 Å². The summed E-state index contributed by atoms with van der Waals surface area (Å²) in [5.74, 6) is 0.456. The molecule has 1 amide bonds. The molecule has 0 aliphatic heterocycles. The number of amides is 1. The molecule has 0 bridgehead atoms. The number of hydrogen-bond acceptors (Lipinski definition) is 2. The highest BCUT2D eigenvalue weighted by Gasteiger charge is 2.21. The van der Waals surface area contributed by atoms with Gasteiger partial charge in [-0.05, 0) is 51.6 Å². The van der Waals surface area contributed by atoms with Crippen molar-refractivity contribution < 1.29 is 4.79 Å². The Kier molecular flexibility index (Phi) is 5.85. The van der Waals surface area contributed by atoms with Gasteiger partial charge in [0.1, 0.15) is 4.88 Å². The summed E-state index contributed by atoms with van der Waals surface area (Å²) < 4.78 is 1.01. The summed E-state index contributed by atoms with van der Waals surface area (Å²) >= 11 is 3.70. The maximum atomic E-state index is 12.5. The van der Waals surface area contributed by atoms with Crippen LogP contribution in [0.5, 0.6) is 0 Å². The molecular formula is C17H22INOSSi. The van der Waals surface area contributed by atoms with Gasteiger partial charge in [0.05, 0.1) is 0 Å². The van der Waals surface area contributed by atoms with Gasteiger partial charge in [0.2, 0.25) is 0 Å². The smallest absolute Gasteiger partial charge is 0.266 e. The molecule has 0 saturated heterocycles. The summed E-state index contributed by atoms with van der Waals surface area (Å²) in [5, 5.41) is 5.06. The molecule has 22 heavy (non-hydrogen) atoms. The minimum Gasteiger partial charge on any atom is -0.321 e. The van der Waals surface area contributed by atoms with E-state index in [1.165, 1.54) is 22.9 Å². The number of benzene rings is 1. The molecule has 0 spiro atoms. The molecule has 5 heteroatoms. The number of carbonyl (C=O) groups is 1. The van der Waals surface area contributed by atoms with E-state index in [1.807, 2.05) is 23.6 Å². The molecule has 2 rings (SSSR count). The van der Waals surface area contributed by atoms with E-state index in [2.05, 4.69) is 66.6 Å². The fourth-order valence-electron chi connectivity index (χ4n) is 2.70. The molecule has 2 nitrogen and oxygen atoms in total. The zero-order valence-electron chi connectivity index (χ0n) is 13.4. The number of anilines is 1. The van der Waals surface area contributed by atoms with Crippen molar-refractivity contribution in [2.45, 2.75) is 38.5 Å². The van der Waals surface area contributed by atoms with Crippen molar-refractivity contribution in [3.05, 3.63) is 49.7 Å². The number of halogens is 1. The number of hydrogen-bond donors (Lipinski definition) is 1. The van der Waals surface area contributed by atoms with Crippen LogP contribution < -0.4 is 5.32 Å². The van der Waals surface area contributed by atoms with E-state index < -0.39 is 8.07 Å². The van der Waals surface area contributed by atoms with Gasteiger partial charge in [-0.15, -0.1) is 11.3 Å². The van der Waals surface area contributed by atoms with Crippen molar-refractivity contribution in [1.29, 1.82) is 0 Å². The zero-order valence-corrected chi connectivity index (χ0v) is 17.4. The van der Waals surface area contributed by atoms with Gasteiger partial charge >= 0.3 is 0 Å². The van der Waals surface area contributed by atoms with Gasteiger partial charge in [-0.1, -0.05) is 50.8 Å². The molecule has 1 unspecified atom stereocenters. The van der Waals surface area contributed by atoms with Crippen LogP contribution in [0.4, 0.5) is 5.69 Å². The first-order valence-electron chi connectivity index (χ1n) is 7.41. The van der Waals surface area contributed by atoms with E-state index in [-0.39, 0.29) is 5.91 Å². The lowest BCUT2D eigenvalue weighted by molar-refractivity contribution is 0.102. The van der Waals surface area contributed by atoms with Crippen LogP contribution in [0.25, 0.3) is 0 Å². The van der Waals surface area contributed by atoms with Crippen LogP contribution in [-0.4, -0.2) is 14.0 Å². The largest absolute Gasteiger partial charge is 0.321 e. The number of thiophene rings is 1. The first-order chi connectivity index (χ1) is 10.3. The zero-order chi connectivity index (χ0) is 16.3. The Hall–Kier alpha value is -0.663. The van der Waals surface area contributed by atoms with Gasteiger partial charge in [-0.2, -0.15) is 0 Å². The van der Waals surface area contributed by atoms with E-state index in [0.717, 1.165) is 14.1 Å². The van der Waals surface area contributed by atoms with Crippen molar-refractivity contribution in [3.8, 4) is 0 Å². The average Bonchev–Trinajstić information content (AvgIpc) is 2.83. The molecule has 0 aliphatic carbocycles. The second-order valence-electron chi connectivity index (χ2n) is 6.80. The maximum Gasteiger partial charge on any atom is 0.266 e. The van der Waals surface area contributed by atoms with Crippen LogP contribution in [-0.2, 0) is 0 Å². The van der Waals surface area contributed by atoms with E-state index >= 15 is 0 Å². The Morgan fingerprint density at radius 1 is 1.27 bits per heavy atom. The van der Waals surface area contributed by atoms with Gasteiger partial charge < -0.3 is 5.32 Å². The number of carbonyl (C=O) groups excluding carboxylic acids is 1. The van der Waals surface area contributed by atoms with E-state index in [1.54, 1.807) is 0 Å². The van der Waals surface area contributed by atoms with Crippen LogP contribution >= 0.6 is 33.9 Å². The summed E-state index contributed by atoms with van der Waals surface area (Å²) in [7, 11) is -1.14. The van der Waals surface area contributed by atoms with E-state index in [9.17, 15) is 4.79 Å². The molecule has 0 saturated carbocycles. The average molecular weight is 443 g/mol. The molecule has 0 fully saturated rings. The molecule has 0 radical (unpaired) electrons. The molecule has 118 valence electrons. The first kappa shape index (κ1) is 17.7. The Morgan fingerprint density at radius 3 is 2.55 bits per heavy atom. The van der Waals surface area contributed by atoms with Crippen LogP contribution in [0.15, 0.2) is 35.7 Å². The predicted octanol–water partition coefficient (Wildman–Crippen LogP) is 6.05. The number of nitrogens with one attached hydrogen (secondary N) is 1. The van der Waals surface area contributed by atoms with Crippen molar-refractivity contribution in [3.63, 3.8) is 0 Å². The molecule has 1 heterocycles. The molecule has 1 aromatic heterocycles. The second kappa shape index (κ2) is 7.27. The summed E-state index contributed by atoms with van der Waals surface area (Å²) in [6.45, 7) is 9.42. The lowest BCUT2D eigenvalue weighted by Gasteiger charge is -2.23. The highest BCUT2D eigenvalue weighted by Crippen LogP contribution is 2.32. The summed E-state index contributed by atoms with van der Waals surface area (Å²) in [6.07, 6.45) is 0. The van der Waals surface area contributed by atoms with Crippen molar-refractivity contribution in [2.24, 2.45) is 0 Å². The fraction of sp³-hybridized carbons (Fsp3) is 0.353. The fourth-order valence-corrected chi connectivity index (χ4v) is 6.49. The van der Waals surface area contributed by atoms with E-state index in [4.69, 9.17) is 0 Å². The third-order valence-corrected chi connectivity index (χ3v) is 7.50. The highest BCUT2D eigenvalue weighted by atomic mass is 127. The summed E-state index contributed by atoms with van der Waals surface area (Å²) in [6, 6.07) is 11.4. The quantitative estimate of drug-likeness (QED) is 0.443. The van der Waals surface area contributed by atoms with Crippen LogP contribution in [0.1, 0.15) is 28.1 Å². The van der Waals surface area contributed by atoms with Crippen LogP contribution in [0, 0.1) is 3.57 Å². The van der Waals surface area contributed by atoms with Crippen molar-refractivity contribution in [1.82, 2.24) is 0 Å². The first-order valence-corrected chi connectivity index (χ1v) is 13.1. The normalized spacial score (nSPS) is 13.0. The number of rotatable bonds is 5. The summed E-state index contributed by atoms with van der Waals surface area (Å²) in [5.41, 5.74) is 2.19. The van der Waals surface area contributed by atoms with Crippen molar-refractivity contribution >= 4 is 53.6 Å². The van der Waals surface area contributed by atoms with Gasteiger partial charge in [-0.25, -0.2) is 0 Å². The van der Waals surface area contributed by atoms with Gasteiger partial charge in [0.25, 0.3) is 5.91 Å². The van der Waals surface area contributed by atoms with Gasteiger partial charge in [0.15, 0.2) is 0 Å². The standard InChI is InChI=1S/C17H22INOSSi/c1-12(11-22(2,3)4)13-7-5-6-8-15(13)19-17(20)16-14(18)9-10-21-16/h5-10,12H,11H2,1-4H3,(H,19,20). The Labute approximate surface area is 151 Å². The minimum atomic E-state index is -1.14. The lowest BCUT2D eigenvalue weighted by Crippen LogP contribution is -2.22. The van der Waals surface area contributed by atoms with Gasteiger partial charge in [0, 0.05) is 17.3 Å². The molecule has 1 aromatic carbocycles. The Balaban J connectivity index is 2.22. The maximum absolute atomic E-state index is 12.5. The topological polar surface area (TPSA) is 29.1 Å². The Bertz CT molecular complexity index is 663. The summed E-state index contributed by atoms with van der Waals surface area (Å²) in [4.78, 5) is 13.2. The number of para-hydroxylation sites is 1.